The summed E-state index contributed by atoms with van der Waals surface area (Å²) >= 11 is 0. The lowest BCUT2D eigenvalue weighted by molar-refractivity contribution is 0.546. The Hall–Kier alpha value is -1.01. The zero-order chi connectivity index (χ0) is 14.8. The van der Waals surface area contributed by atoms with Crippen molar-refractivity contribution in [1.29, 1.82) is 0 Å². The monoisotopic (exact) mass is 297 g/mol. The third-order valence-electron chi connectivity index (χ3n) is 3.97. The summed E-state index contributed by atoms with van der Waals surface area (Å²) in [6.45, 7) is 5.89. The lowest BCUT2D eigenvalue weighted by atomic mass is 10.1. The van der Waals surface area contributed by atoms with Crippen LogP contribution in [0.5, 0.6) is 0 Å². The molecule has 20 heavy (non-hydrogen) atoms. The van der Waals surface area contributed by atoms with Crippen LogP contribution < -0.4 is 4.72 Å². The number of aryl methyl sites for hydroxylation is 3. The maximum absolute atomic E-state index is 12.1. The molecule has 1 aromatic heterocycles. The molecule has 0 amide bonds. The Kier molecular flexibility index (Phi) is 4.75. The molecule has 1 aromatic rings. The summed E-state index contributed by atoms with van der Waals surface area (Å²) in [5.74, 6) is 0.559. The van der Waals surface area contributed by atoms with Gasteiger partial charge in [0, 0.05) is 0 Å². The smallest absolute Gasteiger partial charge is 0.212 e. The first kappa shape index (κ1) is 15.4. The molecule has 1 aliphatic rings. The molecule has 0 aliphatic heterocycles. The van der Waals surface area contributed by atoms with Gasteiger partial charge in [-0.05, 0) is 39.5 Å². The fourth-order valence-electron chi connectivity index (χ4n) is 2.65. The average Bonchev–Trinajstić information content (AvgIpc) is 2.84. The van der Waals surface area contributed by atoms with E-state index in [2.05, 4.69) is 14.7 Å². The van der Waals surface area contributed by atoms with E-state index in [1.807, 2.05) is 20.8 Å². The van der Waals surface area contributed by atoms with Gasteiger partial charge < -0.3 is 0 Å². The number of hydrogen-bond donors (Lipinski definition) is 1. The molecule has 2 rings (SSSR count). The highest BCUT2D eigenvalue weighted by Gasteiger charge is 2.22. The molecule has 0 bridgehead atoms. The van der Waals surface area contributed by atoms with Crippen LogP contribution in [0.3, 0.4) is 0 Å². The number of hydrogen-bond acceptors (Lipinski definition) is 4. The Labute approximate surface area is 121 Å². The van der Waals surface area contributed by atoms with Crippen molar-refractivity contribution < 1.29 is 8.42 Å². The quantitative estimate of drug-likeness (QED) is 0.902. The number of nitrogens with zero attached hydrogens (tertiary/aromatic N) is 2. The second-order valence-electron chi connectivity index (χ2n) is 5.68. The predicted octanol–water partition coefficient (Wildman–Crippen LogP) is 2.01. The second-order valence-corrected chi connectivity index (χ2v) is 7.53. The van der Waals surface area contributed by atoms with Crippen LogP contribution in [0.25, 0.3) is 0 Å². The van der Waals surface area contributed by atoms with Crippen molar-refractivity contribution in [3.8, 4) is 0 Å². The van der Waals surface area contributed by atoms with Crippen LogP contribution in [0, 0.1) is 26.7 Å². The van der Waals surface area contributed by atoms with Gasteiger partial charge in [-0.15, -0.1) is 0 Å². The molecule has 0 spiro atoms. The van der Waals surface area contributed by atoms with Gasteiger partial charge >= 0.3 is 0 Å². The van der Waals surface area contributed by atoms with Crippen LogP contribution in [0.15, 0.2) is 0 Å². The van der Waals surface area contributed by atoms with Crippen molar-refractivity contribution in [2.24, 2.45) is 5.92 Å². The molecule has 6 heteroatoms. The summed E-state index contributed by atoms with van der Waals surface area (Å²) in [7, 11) is -3.22. The molecule has 1 fully saturated rings. The lowest BCUT2D eigenvalue weighted by Gasteiger charge is -2.12. The van der Waals surface area contributed by atoms with Crippen LogP contribution >= 0.6 is 0 Å². The second kappa shape index (κ2) is 6.18. The van der Waals surface area contributed by atoms with E-state index in [0.717, 1.165) is 42.8 Å². The van der Waals surface area contributed by atoms with E-state index >= 15 is 0 Å². The number of nitrogens with one attached hydrogen (secondary N) is 1. The van der Waals surface area contributed by atoms with Crippen LogP contribution in [-0.4, -0.2) is 24.1 Å². The van der Waals surface area contributed by atoms with Gasteiger partial charge in [-0.25, -0.2) is 13.1 Å². The summed E-state index contributed by atoms with van der Waals surface area (Å²) in [4.78, 5) is 8.80. The van der Waals surface area contributed by atoms with E-state index in [-0.39, 0.29) is 12.3 Å². The molecule has 1 N–H and O–H groups in total. The van der Waals surface area contributed by atoms with Gasteiger partial charge in [-0.2, -0.15) is 0 Å². The molecule has 0 unspecified atom stereocenters. The molecule has 0 aromatic carbocycles. The highest BCUT2D eigenvalue weighted by Crippen LogP contribution is 2.25. The Bertz CT molecular complexity index is 578. The average molecular weight is 297 g/mol. The minimum atomic E-state index is -3.22. The molecule has 0 radical (unpaired) electrons. The highest BCUT2D eigenvalue weighted by atomic mass is 32.2. The number of sulfonamides is 1. The topological polar surface area (TPSA) is 72.0 Å². The third kappa shape index (κ3) is 3.99. The molecule has 0 saturated heterocycles. The number of aromatic nitrogens is 2. The summed E-state index contributed by atoms with van der Waals surface area (Å²) in [6, 6.07) is 0. The van der Waals surface area contributed by atoms with E-state index in [9.17, 15) is 8.42 Å². The molecular weight excluding hydrogens is 274 g/mol. The third-order valence-corrected chi connectivity index (χ3v) is 5.46. The van der Waals surface area contributed by atoms with Crippen LogP contribution in [0.4, 0.5) is 0 Å². The van der Waals surface area contributed by atoms with Gasteiger partial charge in [-0.1, -0.05) is 12.8 Å². The van der Waals surface area contributed by atoms with Crippen LogP contribution in [0.2, 0.25) is 0 Å². The van der Waals surface area contributed by atoms with E-state index in [0.29, 0.717) is 11.6 Å². The number of rotatable bonds is 5. The Morgan fingerprint density at radius 2 is 1.65 bits per heavy atom. The summed E-state index contributed by atoms with van der Waals surface area (Å²) < 4.78 is 26.8. The molecule has 112 valence electrons. The maximum Gasteiger partial charge on any atom is 0.212 e. The van der Waals surface area contributed by atoms with Crippen LogP contribution in [0.1, 0.15) is 48.5 Å². The van der Waals surface area contributed by atoms with Crippen molar-refractivity contribution >= 4 is 10.0 Å². The molecule has 5 nitrogen and oxygen atoms in total. The predicted molar refractivity (Wildman–Crippen MR) is 78.8 cm³/mol. The van der Waals surface area contributed by atoms with Crippen molar-refractivity contribution in [1.82, 2.24) is 14.7 Å². The Balaban J connectivity index is 1.98. The first-order chi connectivity index (χ1) is 9.37. The lowest BCUT2D eigenvalue weighted by Crippen LogP contribution is -2.29. The van der Waals surface area contributed by atoms with Crippen molar-refractivity contribution in [2.45, 2.75) is 53.0 Å². The normalized spacial score (nSPS) is 16.8. The molecule has 0 atom stereocenters. The van der Waals surface area contributed by atoms with E-state index in [1.165, 1.54) is 0 Å². The Morgan fingerprint density at radius 3 is 2.30 bits per heavy atom. The largest absolute Gasteiger partial charge is 0.255 e. The van der Waals surface area contributed by atoms with E-state index < -0.39 is 10.0 Å². The summed E-state index contributed by atoms with van der Waals surface area (Å²) in [6.07, 6.45) is 4.37. The van der Waals surface area contributed by atoms with E-state index in [1.54, 1.807) is 0 Å². The minimum Gasteiger partial charge on any atom is -0.255 e. The van der Waals surface area contributed by atoms with Crippen molar-refractivity contribution in [3.05, 3.63) is 22.8 Å². The van der Waals surface area contributed by atoms with Gasteiger partial charge in [0.15, 0.2) is 0 Å². The van der Waals surface area contributed by atoms with Crippen LogP contribution in [-0.2, 0) is 16.6 Å². The molecule has 1 saturated carbocycles. The van der Waals surface area contributed by atoms with E-state index in [4.69, 9.17) is 0 Å². The Morgan fingerprint density at radius 1 is 1.05 bits per heavy atom. The zero-order valence-corrected chi connectivity index (χ0v) is 13.3. The zero-order valence-electron chi connectivity index (χ0n) is 12.4. The van der Waals surface area contributed by atoms with Gasteiger partial charge in [0.1, 0.15) is 0 Å². The summed E-state index contributed by atoms with van der Waals surface area (Å²) in [5.41, 5.74) is 3.24. The highest BCUT2D eigenvalue weighted by molar-refractivity contribution is 7.89. The van der Waals surface area contributed by atoms with Gasteiger partial charge in [-0.3, -0.25) is 9.97 Å². The van der Waals surface area contributed by atoms with Crippen molar-refractivity contribution in [2.75, 3.05) is 5.75 Å². The van der Waals surface area contributed by atoms with Crippen molar-refractivity contribution in [3.63, 3.8) is 0 Å². The SMILES string of the molecule is Cc1nc(C)c(CNS(=O)(=O)CC2CCCC2)nc1C. The maximum atomic E-state index is 12.1. The molecule has 1 heterocycles. The fraction of sp³-hybridized carbons (Fsp3) is 0.714. The first-order valence-electron chi connectivity index (χ1n) is 7.15. The molecule has 1 aliphatic carbocycles. The van der Waals surface area contributed by atoms with Gasteiger partial charge in [0.2, 0.25) is 10.0 Å². The minimum absolute atomic E-state index is 0.231. The van der Waals surface area contributed by atoms with Gasteiger partial charge in [0.05, 0.1) is 35.1 Å². The van der Waals surface area contributed by atoms with Gasteiger partial charge in [0.25, 0.3) is 0 Å². The first-order valence-corrected chi connectivity index (χ1v) is 8.80. The molecular formula is C14H23N3O2S. The fourth-order valence-corrected chi connectivity index (χ4v) is 4.08. The summed E-state index contributed by atoms with van der Waals surface area (Å²) in [5, 5.41) is 0. The standard InChI is InChI=1S/C14H23N3O2S/c1-10-11(2)17-14(12(3)16-10)8-15-20(18,19)9-13-6-4-5-7-13/h13,15H,4-9H2,1-3H3.